The number of hydrogen-bond acceptors (Lipinski definition) is 5. The molecule has 2 aromatic heterocycles. The second-order valence-electron chi connectivity index (χ2n) is 10.1. The Morgan fingerprint density at radius 2 is 1.67 bits per heavy atom. The topological polar surface area (TPSA) is 96.3 Å². The standard InChI is InChI=1S/C31H32F3N5O3/c1-6-39(7-2)17-28(40)37-26-11-9-21(31(32,33)34)14-25(26)29(41)36-22-10-8-18(3)23(15-22)24-13-20-16-35-19(4)12-27(20)38(5)30(24)42/h8-16H,6-7,17H2,1-5H3,(H,36,41)(H,37,40). The predicted octanol–water partition coefficient (Wildman–Crippen LogP) is 5.77. The summed E-state index contributed by atoms with van der Waals surface area (Å²) in [6.45, 7) is 8.65. The summed E-state index contributed by atoms with van der Waals surface area (Å²) in [5, 5.41) is 5.97. The molecule has 0 saturated carbocycles. The Labute approximate surface area is 241 Å². The first kappa shape index (κ1) is 30.4. The number of hydrogen-bond donors (Lipinski definition) is 2. The van der Waals surface area contributed by atoms with Crippen LogP contribution in [0.25, 0.3) is 22.0 Å². The molecule has 0 unspecified atom stereocenters. The fourth-order valence-corrected chi connectivity index (χ4v) is 4.70. The first-order chi connectivity index (χ1) is 19.8. The van der Waals surface area contributed by atoms with Gasteiger partial charge in [0.05, 0.1) is 28.9 Å². The van der Waals surface area contributed by atoms with Gasteiger partial charge in [0, 0.05) is 35.6 Å². The molecule has 2 N–H and O–H groups in total. The van der Waals surface area contributed by atoms with Gasteiger partial charge < -0.3 is 15.2 Å². The maximum atomic E-state index is 13.5. The molecule has 4 aromatic rings. The Balaban J connectivity index is 1.71. The van der Waals surface area contributed by atoms with Gasteiger partial charge in [0.25, 0.3) is 11.5 Å². The van der Waals surface area contributed by atoms with E-state index in [2.05, 4.69) is 15.6 Å². The van der Waals surface area contributed by atoms with E-state index in [1.54, 1.807) is 37.5 Å². The molecular weight excluding hydrogens is 547 g/mol. The van der Waals surface area contributed by atoms with E-state index >= 15 is 0 Å². The molecule has 2 amide bonds. The van der Waals surface area contributed by atoms with Crippen molar-refractivity contribution in [1.82, 2.24) is 14.5 Å². The number of halogens is 3. The minimum absolute atomic E-state index is 0.0200. The van der Waals surface area contributed by atoms with Crippen LogP contribution in [0.3, 0.4) is 0 Å². The summed E-state index contributed by atoms with van der Waals surface area (Å²) in [7, 11) is 1.66. The van der Waals surface area contributed by atoms with Crippen LogP contribution < -0.4 is 16.2 Å². The van der Waals surface area contributed by atoms with Crippen LogP contribution in [-0.2, 0) is 18.0 Å². The summed E-state index contributed by atoms with van der Waals surface area (Å²) in [6.07, 6.45) is -3.02. The van der Waals surface area contributed by atoms with E-state index < -0.39 is 23.6 Å². The van der Waals surface area contributed by atoms with E-state index in [0.29, 0.717) is 30.3 Å². The molecule has 2 heterocycles. The van der Waals surface area contributed by atoms with Crippen LogP contribution in [-0.4, -0.2) is 45.9 Å². The molecule has 8 nitrogen and oxygen atoms in total. The average Bonchev–Trinajstić information content (AvgIpc) is 2.94. The normalized spacial score (nSPS) is 11.6. The van der Waals surface area contributed by atoms with Gasteiger partial charge in [-0.05, 0) is 80.5 Å². The highest BCUT2D eigenvalue weighted by molar-refractivity contribution is 6.10. The molecule has 0 aliphatic rings. The van der Waals surface area contributed by atoms with E-state index in [1.807, 2.05) is 38.7 Å². The van der Waals surface area contributed by atoms with Crippen LogP contribution in [0.1, 0.15) is 41.0 Å². The summed E-state index contributed by atoms with van der Waals surface area (Å²) in [4.78, 5) is 45.5. The molecule has 0 spiro atoms. The number of fused-ring (bicyclic) bond motifs is 1. The Morgan fingerprint density at radius 1 is 0.952 bits per heavy atom. The summed E-state index contributed by atoms with van der Waals surface area (Å²) < 4.78 is 42.2. The molecule has 0 aliphatic heterocycles. The molecule has 11 heteroatoms. The molecule has 0 atom stereocenters. The lowest BCUT2D eigenvalue weighted by Crippen LogP contribution is -2.33. The highest BCUT2D eigenvalue weighted by Crippen LogP contribution is 2.33. The zero-order chi connectivity index (χ0) is 30.8. The van der Waals surface area contributed by atoms with Gasteiger partial charge in [0.1, 0.15) is 0 Å². The third kappa shape index (κ3) is 6.52. The molecule has 0 radical (unpaired) electrons. The Morgan fingerprint density at radius 3 is 2.33 bits per heavy atom. The number of rotatable bonds is 8. The third-order valence-electron chi connectivity index (χ3n) is 7.16. The molecule has 0 aliphatic carbocycles. The van der Waals surface area contributed by atoms with Crippen LogP contribution in [0.2, 0.25) is 0 Å². The van der Waals surface area contributed by atoms with Crippen molar-refractivity contribution < 1.29 is 22.8 Å². The molecule has 0 bridgehead atoms. The van der Waals surface area contributed by atoms with E-state index in [0.717, 1.165) is 34.3 Å². The van der Waals surface area contributed by atoms with Crippen molar-refractivity contribution in [2.24, 2.45) is 7.05 Å². The molecule has 220 valence electrons. The molecule has 42 heavy (non-hydrogen) atoms. The van der Waals surface area contributed by atoms with Crippen molar-refractivity contribution in [2.75, 3.05) is 30.3 Å². The van der Waals surface area contributed by atoms with E-state index in [1.165, 1.54) is 4.57 Å². The van der Waals surface area contributed by atoms with Gasteiger partial charge in [-0.2, -0.15) is 13.2 Å². The van der Waals surface area contributed by atoms with Gasteiger partial charge in [-0.25, -0.2) is 0 Å². The van der Waals surface area contributed by atoms with Crippen LogP contribution in [0.4, 0.5) is 24.5 Å². The first-order valence-corrected chi connectivity index (χ1v) is 13.4. The van der Waals surface area contributed by atoms with Crippen molar-refractivity contribution in [2.45, 2.75) is 33.9 Å². The number of alkyl halides is 3. The molecule has 0 saturated heterocycles. The lowest BCUT2D eigenvalue weighted by atomic mass is 9.99. The van der Waals surface area contributed by atoms with E-state index in [-0.39, 0.29) is 29.0 Å². The number of anilines is 2. The highest BCUT2D eigenvalue weighted by atomic mass is 19.4. The second kappa shape index (κ2) is 12.2. The predicted molar refractivity (Wildman–Crippen MR) is 158 cm³/mol. The lowest BCUT2D eigenvalue weighted by molar-refractivity contribution is -0.137. The Bertz CT molecular complexity index is 1730. The molecule has 2 aromatic carbocycles. The summed E-state index contributed by atoms with van der Waals surface area (Å²) in [5.41, 5.74) is 1.77. The third-order valence-corrected chi connectivity index (χ3v) is 7.16. The van der Waals surface area contributed by atoms with Crippen LogP contribution in [0.15, 0.2) is 59.5 Å². The van der Waals surface area contributed by atoms with Crippen molar-refractivity contribution in [3.05, 3.63) is 87.5 Å². The number of nitrogens with one attached hydrogen (secondary N) is 2. The second-order valence-corrected chi connectivity index (χ2v) is 10.1. The number of carbonyl (C=O) groups excluding carboxylic acids is 2. The van der Waals surface area contributed by atoms with Crippen molar-refractivity contribution >= 4 is 34.1 Å². The number of benzene rings is 2. The van der Waals surface area contributed by atoms with E-state index in [9.17, 15) is 27.6 Å². The zero-order valence-corrected chi connectivity index (χ0v) is 24.0. The fraction of sp³-hybridized carbons (Fsp3) is 0.290. The van der Waals surface area contributed by atoms with Gasteiger partial charge in [-0.3, -0.25) is 24.3 Å². The summed E-state index contributed by atoms with van der Waals surface area (Å²) >= 11 is 0. The van der Waals surface area contributed by atoms with E-state index in [4.69, 9.17) is 0 Å². The summed E-state index contributed by atoms with van der Waals surface area (Å²) in [5.74, 6) is -1.30. The number of aryl methyl sites for hydroxylation is 3. The quantitative estimate of drug-likeness (QED) is 0.276. The molecule has 0 fully saturated rings. The fourth-order valence-electron chi connectivity index (χ4n) is 4.70. The van der Waals surface area contributed by atoms with Crippen molar-refractivity contribution in [3.63, 3.8) is 0 Å². The first-order valence-electron chi connectivity index (χ1n) is 13.4. The molecular formula is C31H32F3N5O3. The Kier molecular flexibility index (Phi) is 8.81. The number of nitrogens with zero attached hydrogens (tertiary/aromatic N) is 3. The SMILES string of the molecule is CCN(CC)CC(=O)Nc1ccc(C(F)(F)F)cc1C(=O)Nc1ccc(C)c(-c2cc3cnc(C)cc3n(C)c2=O)c1. The van der Waals surface area contributed by atoms with Gasteiger partial charge in [0.2, 0.25) is 5.91 Å². The lowest BCUT2D eigenvalue weighted by Gasteiger charge is -2.19. The smallest absolute Gasteiger partial charge is 0.324 e. The van der Waals surface area contributed by atoms with Crippen molar-refractivity contribution in [3.8, 4) is 11.1 Å². The summed E-state index contributed by atoms with van der Waals surface area (Å²) in [6, 6.07) is 11.1. The highest BCUT2D eigenvalue weighted by Gasteiger charge is 2.32. The molecule has 4 rings (SSSR count). The van der Waals surface area contributed by atoms with Crippen LogP contribution in [0.5, 0.6) is 0 Å². The number of likely N-dealkylation sites (N-methyl/N-ethyl adjacent to an activating group) is 1. The minimum Gasteiger partial charge on any atom is -0.324 e. The van der Waals surface area contributed by atoms with Crippen LogP contribution >= 0.6 is 0 Å². The number of carbonyl (C=O) groups is 2. The monoisotopic (exact) mass is 579 g/mol. The minimum atomic E-state index is -4.70. The van der Waals surface area contributed by atoms with Gasteiger partial charge in [0.15, 0.2) is 0 Å². The maximum Gasteiger partial charge on any atom is 0.416 e. The van der Waals surface area contributed by atoms with Gasteiger partial charge in [-0.15, -0.1) is 0 Å². The Hall–Kier alpha value is -4.51. The van der Waals surface area contributed by atoms with Gasteiger partial charge in [-0.1, -0.05) is 19.9 Å². The number of aromatic nitrogens is 2. The van der Waals surface area contributed by atoms with Gasteiger partial charge >= 0.3 is 6.18 Å². The maximum absolute atomic E-state index is 13.5. The number of pyridine rings is 2. The zero-order valence-electron chi connectivity index (χ0n) is 24.0. The average molecular weight is 580 g/mol. The number of amides is 2. The van der Waals surface area contributed by atoms with Crippen molar-refractivity contribution in [1.29, 1.82) is 0 Å². The largest absolute Gasteiger partial charge is 0.416 e. The van der Waals surface area contributed by atoms with Crippen LogP contribution in [0, 0.1) is 13.8 Å².